The Morgan fingerprint density at radius 1 is 1.05 bits per heavy atom. The van der Waals surface area contributed by atoms with E-state index in [1.165, 1.54) is 6.07 Å². The van der Waals surface area contributed by atoms with E-state index in [4.69, 9.17) is 5.84 Å². The van der Waals surface area contributed by atoms with E-state index in [1.807, 2.05) is 24.3 Å². The zero-order valence-electron chi connectivity index (χ0n) is 10.3. The summed E-state index contributed by atoms with van der Waals surface area (Å²) in [7, 11) is 0. The van der Waals surface area contributed by atoms with Gasteiger partial charge in [0.25, 0.3) is 0 Å². The minimum atomic E-state index is -1.49. The average molecular weight is 345 g/mol. The predicted octanol–water partition coefficient (Wildman–Crippen LogP) is 3.61. The fraction of sp³-hybridized carbons (Fsp3) is 0.143. The number of benzene rings is 2. The zero-order chi connectivity index (χ0) is 14.7. The molecule has 0 heterocycles. The lowest BCUT2D eigenvalue weighted by atomic mass is 9.98. The second-order valence-electron chi connectivity index (χ2n) is 4.28. The van der Waals surface area contributed by atoms with Crippen LogP contribution in [-0.4, -0.2) is 0 Å². The number of hydrogen-bond acceptors (Lipinski definition) is 2. The maximum Gasteiger partial charge on any atom is 0.194 e. The minimum Gasteiger partial charge on any atom is -0.271 e. The molecule has 0 radical (unpaired) electrons. The lowest BCUT2D eigenvalue weighted by Crippen LogP contribution is -2.30. The summed E-state index contributed by atoms with van der Waals surface area (Å²) in [6.45, 7) is 0. The highest BCUT2D eigenvalue weighted by Crippen LogP contribution is 2.26. The Morgan fingerprint density at radius 2 is 1.75 bits per heavy atom. The summed E-state index contributed by atoms with van der Waals surface area (Å²) in [4.78, 5) is 0. The molecule has 2 aromatic carbocycles. The number of hydrogen-bond donors (Lipinski definition) is 2. The van der Waals surface area contributed by atoms with Crippen molar-refractivity contribution in [3.63, 3.8) is 0 Å². The number of nitrogens with two attached hydrogens (primary N) is 1. The molecule has 1 unspecified atom stereocenters. The summed E-state index contributed by atoms with van der Waals surface area (Å²) in [5.74, 6) is 1.48. The van der Waals surface area contributed by atoms with Crippen molar-refractivity contribution in [1.82, 2.24) is 5.43 Å². The molecule has 0 aromatic heterocycles. The lowest BCUT2D eigenvalue weighted by Gasteiger charge is -2.18. The van der Waals surface area contributed by atoms with Gasteiger partial charge in [-0.25, -0.2) is 13.2 Å². The molecule has 0 aliphatic rings. The Morgan fingerprint density at radius 3 is 2.40 bits per heavy atom. The van der Waals surface area contributed by atoms with E-state index in [1.54, 1.807) is 0 Å². The first-order valence-electron chi connectivity index (χ1n) is 5.87. The lowest BCUT2D eigenvalue weighted by molar-refractivity contribution is 0.424. The van der Waals surface area contributed by atoms with Crippen LogP contribution < -0.4 is 11.3 Å². The number of hydrazine groups is 1. The molecule has 2 rings (SSSR count). The van der Waals surface area contributed by atoms with Gasteiger partial charge in [0.2, 0.25) is 0 Å². The van der Waals surface area contributed by atoms with Crippen LogP contribution in [0.3, 0.4) is 0 Å². The van der Waals surface area contributed by atoms with E-state index >= 15 is 0 Å². The van der Waals surface area contributed by atoms with Gasteiger partial charge in [-0.3, -0.25) is 11.3 Å². The highest BCUT2D eigenvalue weighted by molar-refractivity contribution is 9.10. The molecule has 106 valence electrons. The fourth-order valence-electron chi connectivity index (χ4n) is 1.95. The topological polar surface area (TPSA) is 38.0 Å². The first-order valence-corrected chi connectivity index (χ1v) is 6.66. The average Bonchev–Trinajstić information content (AvgIpc) is 2.45. The molecule has 20 heavy (non-hydrogen) atoms. The fourth-order valence-corrected chi connectivity index (χ4v) is 2.40. The van der Waals surface area contributed by atoms with Crippen LogP contribution in [0.2, 0.25) is 0 Å². The van der Waals surface area contributed by atoms with Crippen molar-refractivity contribution in [2.75, 3.05) is 0 Å². The summed E-state index contributed by atoms with van der Waals surface area (Å²) in [5.41, 5.74) is 3.29. The van der Waals surface area contributed by atoms with E-state index in [2.05, 4.69) is 21.4 Å². The summed E-state index contributed by atoms with van der Waals surface area (Å²) >= 11 is 3.37. The van der Waals surface area contributed by atoms with Gasteiger partial charge in [0.1, 0.15) is 0 Å². The zero-order valence-corrected chi connectivity index (χ0v) is 11.9. The quantitative estimate of drug-likeness (QED) is 0.505. The number of halogens is 4. The summed E-state index contributed by atoms with van der Waals surface area (Å²) in [6.07, 6.45) is 0.333. The van der Waals surface area contributed by atoms with Crippen LogP contribution in [0.25, 0.3) is 0 Å². The SMILES string of the molecule is NNC(Cc1ccccc1Br)c1ccc(F)c(F)c1F. The van der Waals surface area contributed by atoms with Crippen LogP contribution in [0.4, 0.5) is 13.2 Å². The normalized spacial score (nSPS) is 12.4. The molecule has 1 atom stereocenters. The molecule has 0 saturated heterocycles. The van der Waals surface area contributed by atoms with E-state index in [0.29, 0.717) is 6.42 Å². The minimum absolute atomic E-state index is 0.0119. The summed E-state index contributed by atoms with van der Waals surface area (Å²) in [6, 6.07) is 8.76. The largest absolute Gasteiger partial charge is 0.271 e. The van der Waals surface area contributed by atoms with E-state index in [0.717, 1.165) is 16.1 Å². The van der Waals surface area contributed by atoms with Crippen LogP contribution >= 0.6 is 15.9 Å². The van der Waals surface area contributed by atoms with Crippen LogP contribution in [0.15, 0.2) is 40.9 Å². The maximum absolute atomic E-state index is 13.8. The maximum atomic E-state index is 13.8. The Hall–Kier alpha value is -1.37. The molecule has 3 N–H and O–H groups in total. The van der Waals surface area contributed by atoms with Crippen molar-refractivity contribution in [2.45, 2.75) is 12.5 Å². The first-order chi connectivity index (χ1) is 9.54. The van der Waals surface area contributed by atoms with Gasteiger partial charge in [0.15, 0.2) is 17.5 Å². The second kappa shape index (κ2) is 6.39. The Balaban J connectivity index is 2.34. The van der Waals surface area contributed by atoms with Gasteiger partial charge >= 0.3 is 0 Å². The molecule has 0 bridgehead atoms. The third kappa shape index (κ3) is 3.03. The number of nitrogens with one attached hydrogen (secondary N) is 1. The van der Waals surface area contributed by atoms with Gasteiger partial charge in [-0.05, 0) is 24.1 Å². The van der Waals surface area contributed by atoms with E-state index in [-0.39, 0.29) is 5.56 Å². The molecular formula is C14H12BrF3N2. The second-order valence-corrected chi connectivity index (χ2v) is 5.13. The third-order valence-corrected chi connectivity index (χ3v) is 3.80. The van der Waals surface area contributed by atoms with Crippen LogP contribution in [0.1, 0.15) is 17.2 Å². The molecule has 0 aliphatic heterocycles. The Labute approximate surface area is 122 Å². The van der Waals surface area contributed by atoms with Crippen molar-refractivity contribution in [1.29, 1.82) is 0 Å². The van der Waals surface area contributed by atoms with Crippen molar-refractivity contribution < 1.29 is 13.2 Å². The van der Waals surface area contributed by atoms with Crippen LogP contribution in [0, 0.1) is 17.5 Å². The predicted molar refractivity (Wildman–Crippen MR) is 74.2 cm³/mol. The molecule has 0 spiro atoms. The van der Waals surface area contributed by atoms with Gasteiger partial charge in [0, 0.05) is 10.0 Å². The molecule has 0 saturated carbocycles. The van der Waals surface area contributed by atoms with E-state index < -0.39 is 23.5 Å². The molecule has 6 heteroatoms. The van der Waals surface area contributed by atoms with Gasteiger partial charge in [0.05, 0.1) is 6.04 Å². The number of rotatable bonds is 4. The van der Waals surface area contributed by atoms with Crippen molar-refractivity contribution in [2.24, 2.45) is 5.84 Å². The van der Waals surface area contributed by atoms with Crippen molar-refractivity contribution >= 4 is 15.9 Å². The Kier molecular flexibility index (Phi) is 4.80. The third-order valence-electron chi connectivity index (χ3n) is 3.02. The molecule has 0 aliphatic carbocycles. The Bertz CT molecular complexity index is 619. The van der Waals surface area contributed by atoms with Gasteiger partial charge < -0.3 is 0 Å². The van der Waals surface area contributed by atoms with Gasteiger partial charge in [-0.1, -0.05) is 40.2 Å². The highest BCUT2D eigenvalue weighted by atomic mass is 79.9. The first kappa shape index (κ1) is 15.0. The van der Waals surface area contributed by atoms with E-state index in [9.17, 15) is 13.2 Å². The van der Waals surface area contributed by atoms with Gasteiger partial charge in [-0.15, -0.1) is 0 Å². The van der Waals surface area contributed by atoms with Crippen molar-refractivity contribution in [3.8, 4) is 0 Å². The van der Waals surface area contributed by atoms with Crippen LogP contribution in [-0.2, 0) is 6.42 Å². The van der Waals surface area contributed by atoms with Crippen LogP contribution in [0.5, 0.6) is 0 Å². The molecule has 0 amide bonds. The molecule has 2 aromatic rings. The molecule has 2 nitrogen and oxygen atoms in total. The smallest absolute Gasteiger partial charge is 0.194 e. The molecule has 0 fully saturated rings. The highest BCUT2D eigenvalue weighted by Gasteiger charge is 2.20. The van der Waals surface area contributed by atoms with Crippen molar-refractivity contribution in [3.05, 3.63) is 69.4 Å². The standard InChI is InChI=1S/C14H12BrF3N2/c15-10-4-2-1-3-8(10)7-12(20-19)9-5-6-11(16)14(18)13(9)17/h1-6,12,20H,7,19H2. The van der Waals surface area contributed by atoms with Gasteiger partial charge in [-0.2, -0.15) is 0 Å². The molecular weight excluding hydrogens is 333 g/mol. The summed E-state index contributed by atoms with van der Waals surface area (Å²) < 4.78 is 40.8. The summed E-state index contributed by atoms with van der Waals surface area (Å²) in [5, 5.41) is 0. The monoisotopic (exact) mass is 344 g/mol.